The van der Waals surface area contributed by atoms with Gasteiger partial charge >= 0.3 is 12.2 Å². The van der Waals surface area contributed by atoms with E-state index in [1.54, 1.807) is 77.9 Å². The number of rotatable bonds is 8. The highest BCUT2D eigenvalue weighted by atomic mass is 35.5. The van der Waals surface area contributed by atoms with Crippen molar-refractivity contribution in [1.29, 1.82) is 0 Å². The van der Waals surface area contributed by atoms with Crippen molar-refractivity contribution in [3.63, 3.8) is 0 Å². The number of carbonyl (C=O) groups excluding carboxylic acids is 3. The monoisotopic (exact) mass is 694 g/mol. The molecule has 0 aliphatic carbocycles. The summed E-state index contributed by atoms with van der Waals surface area (Å²) >= 11 is 20.5. The van der Waals surface area contributed by atoms with Crippen molar-refractivity contribution >= 4 is 85.8 Å². The Balaban J connectivity index is 1.74. The van der Waals surface area contributed by atoms with Gasteiger partial charge in [0.1, 0.15) is 33.7 Å². The van der Waals surface area contributed by atoms with Gasteiger partial charge in [-0.25, -0.2) is 14.6 Å². The molecule has 3 heterocycles. The van der Waals surface area contributed by atoms with Crippen LogP contribution in [0, 0.1) is 0 Å². The number of pyridine rings is 1. The van der Waals surface area contributed by atoms with E-state index in [9.17, 15) is 14.4 Å². The number of hydrogen-bond acceptors (Lipinski definition) is 8. The van der Waals surface area contributed by atoms with Crippen LogP contribution in [0.3, 0.4) is 0 Å². The van der Waals surface area contributed by atoms with Crippen LogP contribution in [0.1, 0.15) is 52.2 Å². The zero-order valence-corrected chi connectivity index (χ0v) is 28.6. The van der Waals surface area contributed by atoms with Crippen LogP contribution in [0.2, 0.25) is 15.2 Å². The third-order valence-corrected chi connectivity index (χ3v) is 8.10. The van der Waals surface area contributed by atoms with Gasteiger partial charge in [0.25, 0.3) is 0 Å². The number of carbonyl (C=O) groups is 3. The second kappa shape index (κ2) is 13.9. The molecule has 4 aromatic rings. The normalized spacial score (nSPS) is 12.5. The Kier molecular flexibility index (Phi) is 10.6. The van der Waals surface area contributed by atoms with E-state index in [0.29, 0.717) is 37.3 Å². The molecule has 0 aliphatic heterocycles. The van der Waals surface area contributed by atoms with E-state index < -0.39 is 35.3 Å². The number of nitrogens with one attached hydrogen (secondary N) is 2. The molecule has 0 spiro atoms. The molecular weight excluding hydrogens is 663 g/mol. The van der Waals surface area contributed by atoms with Crippen molar-refractivity contribution in [2.24, 2.45) is 0 Å². The summed E-state index contributed by atoms with van der Waals surface area (Å²) in [5, 5.41) is 6.25. The summed E-state index contributed by atoms with van der Waals surface area (Å²) in [5.41, 5.74) is -0.405. The molecule has 3 amide bonds. The number of amides is 3. The highest BCUT2D eigenvalue weighted by Crippen LogP contribution is 2.42. The average molecular weight is 696 g/mol. The second-order valence-corrected chi connectivity index (χ2v) is 14.3. The maximum Gasteiger partial charge on any atom is 0.415 e. The molecule has 1 atom stereocenters. The Morgan fingerprint density at radius 2 is 1.67 bits per heavy atom. The standard InChI is InChI=1S/C31H33Cl3N4O6S/c1-30(2,3)43-28(40)36-20(27(39)35-18-11-9-17(32)10-12-18)14-22-24(34)25-26(45-22)21(15-23(33)37-25)38(16-19-8-7-13-42-19)29(41)44-31(4,5)6/h7-13,15,20H,14,16H2,1-6H3,(H,35,39)(H,36,40)/t20-/m1/s1. The summed E-state index contributed by atoms with van der Waals surface area (Å²) in [6, 6.07) is 10.4. The summed E-state index contributed by atoms with van der Waals surface area (Å²) in [5.74, 6) is -0.0126. The fourth-order valence-electron chi connectivity index (χ4n) is 4.10. The van der Waals surface area contributed by atoms with Crippen LogP contribution in [0.15, 0.2) is 53.1 Å². The van der Waals surface area contributed by atoms with Crippen molar-refractivity contribution in [3.05, 3.63) is 74.6 Å². The van der Waals surface area contributed by atoms with Gasteiger partial charge in [0.15, 0.2) is 0 Å². The maximum atomic E-state index is 13.5. The highest BCUT2D eigenvalue weighted by Gasteiger charge is 2.31. The highest BCUT2D eigenvalue weighted by molar-refractivity contribution is 7.20. The number of hydrogen-bond donors (Lipinski definition) is 2. The second-order valence-electron chi connectivity index (χ2n) is 12.0. The first-order valence-electron chi connectivity index (χ1n) is 13.9. The number of benzene rings is 1. The lowest BCUT2D eigenvalue weighted by atomic mass is 10.1. The number of halogens is 3. The SMILES string of the molecule is CC(C)(C)OC(=O)N[C@H](Cc1sc2c(N(Cc3ccco3)C(=O)OC(C)(C)C)cc(Cl)nc2c1Cl)C(=O)Nc1ccc(Cl)cc1. The number of alkyl carbamates (subject to hydrolysis) is 1. The van der Waals surface area contributed by atoms with Crippen LogP contribution in [0.4, 0.5) is 21.0 Å². The van der Waals surface area contributed by atoms with E-state index in [4.69, 9.17) is 48.7 Å². The fourth-order valence-corrected chi connectivity index (χ4v) is 6.00. The molecule has 0 aliphatic rings. The molecule has 1 aromatic carbocycles. The quantitative estimate of drug-likeness (QED) is 0.177. The number of anilines is 2. The first-order chi connectivity index (χ1) is 21.0. The van der Waals surface area contributed by atoms with Crippen molar-refractivity contribution in [2.45, 2.75) is 71.8 Å². The minimum Gasteiger partial charge on any atom is -0.467 e. The van der Waals surface area contributed by atoms with Crippen molar-refractivity contribution in [1.82, 2.24) is 10.3 Å². The van der Waals surface area contributed by atoms with Gasteiger partial charge in [0, 0.05) is 28.1 Å². The van der Waals surface area contributed by atoms with Crippen LogP contribution in [-0.4, -0.2) is 40.3 Å². The zero-order chi connectivity index (χ0) is 33.1. The van der Waals surface area contributed by atoms with Gasteiger partial charge in [-0.3, -0.25) is 9.69 Å². The third kappa shape index (κ3) is 9.49. The molecule has 4 rings (SSSR count). The average Bonchev–Trinajstić information content (AvgIpc) is 3.54. The predicted octanol–water partition coefficient (Wildman–Crippen LogP) is 8.87. The first-order valence-corrected chi connectivity index (χ1v) is 15.8. The number of fused-ring (bicyclic) bond motifs is 1. The number of furan rings is 1. The minimum atomic E-state index is -1.11. The smallest absolute Gasteiger partial charge is 0.415 e. The summed E-state index contributed by atoms with van der Waals surface area (Å²) in [7, 11) is 0. The Hall–Kier alpha value is -3.51. The molecule has 0 radical (unpaired) electrons. The van der Waals surface area contributed by atoms with Crippen LogP contribution in [-0.2, 0) is 27.2 Å². The molecule has 240 valence electrons. The van der Waals surface area contributed by atoms with Crippen LogP contribution >= 0.6 is 46.1 Å². The van der Waals surface area contributed by atoms with Crippen molar-refractivity contribution in [3.8, 4) is 0 Å². The number of aromatic nitrogens is 1. The summed E-state index contributed by atoms with van der Waals surface area (Å²) in [6.45, 7) is 10.5. The molecule has 3 aromatic heterocycles. The van der Waals surface area contributed by atoms with Gasteiger partial charge in [-0.1, -0.05) is 34.8 Å². The fraction of sp³-hybridized carbons (Fsp3) is 0.355. The molecule has 10 nitrogen and oxygen atoms in total. The molecule has 0 bridgehead atoms. The molecule has 45 heavy (non-hydrogen) atoms. The zero-order valence-electron chi connectivity index (χ0n) is 25.5. The first kappa shape index (κ1) is 34.4. The van der Waals surface area contributed by atoms with Crippen molar-refractivity contribution in [2.75, 3.05) is 10.2 Å². The van der Waals surface area contributed by atoms with E-state index in [-0.39, 0.29) is 23.1 Å². The molecule has 0 unspecified atom stereocenters. The van der Waals surface area contributed by atoms with Crippen molar-refractivity contribution < 1.29 is 28.3 Å². The van der Waals surface area contributed by atoms with Gasteiger partial charge in [0.2, 0.25) is 5.91 Å². The maximum absolute atomic E-state index is 13.5. The largest absolute Gasteiger partial charge is 0.467 e. The van der Waals surface area contributed by atoms with E-state index in [2.05, 4.69) is 15.6 Å². The summed E-state index contributed by atoms with van der Waals surface area (Å²) in [6.07, 6.45) is 0.0537. The lowest BCUT2D eigenvalue weighted by molar-refractivity contribution is -0.118. The van der Waals surface area contributed by atoms with E-state index in [1.807, 2.05) is 0 Å². The lowest BCUT2D eigenvalue weighted by Crippen LogP contribution is -2.47. The number of nitrogens with zero attached hydrogens (tertiary/aromatic N) is 2. The minimum absolute atomic E-state index is 0.0276. The Labute approximate surface area is 279 Å². The molecule has 0 saturated carbocycles. The lowest BCUT2D eigenvalue weighted by Gasteiger charge is -2.27. The van der Waals surface area contributed by atoms with Crippen LogP contribution in [0.25, 0.3) is 10.2 Å². The summed E-state index contributed by atoms with van der Waals surface area (Å²) in [4.78, 5) is 46.1. The van der Waals surface area contributed by atoms with Gasteiger partial charge in [-0.15, -0.1) is 11.3 Å². The topological polar surface area (TPSA) is 123 Å². The Morgan fingerprint density at radius 3 is 2.27 bits per heavy atom. The molecule has 14 heteroatoms. The van der Waals surface area contributed by atoms with E-state index in [1.165, 1.54) is 28.6 Å². The predicted molar refractivity (Wildman–Crippen MR) is 178 cm³/mol. The third-order valence-electron chi connectivity index (χ3n) is 5.91. The summed E-state index contributed by atoms with van der Waals surface area (Å²) < 4.78 is 17.2. The van der Waals surface area contributed by atoms with Crippen LogP contribution < -0.4 is 15.5 Å². The molecule has 2 N–H and O–H groups in total. The Morgan fingerprint density at radius 1 is 1.00 bits per heavy atom. The molecular formula is C31H33Cl3N4O6S. The number of thiophene rings is 1. The Bertz CT molecular complexity index is 1680. The van der Waals surface area contributed by atoms with Crippen LogP contribution in [0.5, 0.6) is 0 Å². The number of ether oxygens (including phenoxy) is 2. The van der Waals surface area contributed by atoms with E-state index >= 15 is 0 Å². The van der Waals surface area contributed by atoms with Gasteiger partial charge in [-0.05, 0) is 77.9 Å². The van der Waals surface area contributed by atoms with E-state index in [0.717, 1.165) is 0 Å². The molecule has 0 fully saturated rings. The van der Waals surface area contributed by atoms with Gasteiger partial charge in [0.05, 0.1) is 28.2 Å². The van der Waals surface area contributed by atoms with Gasteiger partial charge < -0.3 is 24.5 Å². The van der Waals surface area contributed by atoms with Gasteiger partial charge in [-0.2, -0.15) is 0 Å². The molecule has 0 saturated heterocycles.